The topological polar surface area (TPSA) is 94.8 Å². The second-order valence-corrected chi connectivity index (χ2v) is 7.11. The smallest absolute Gasteiger partial charge is 0.234 e. The standard InChI is InChI=1S/C20H18N6O2S/c1-28-16-9-7-15(8-10-16)23-17(27)12-29-20-18-19(21-13-22-20)26(25-24-18)11-14-5-3-2-4-6-14/h2-10,13H,11-12H2,1H3,(H,23,27). The van der Waals surface area contributed by atoms with E-state index in [1.807, 2.05) is 30.3 Å². The third-order valence-corrected chi connectivity index (χ3v) is 5.13. The van der Waals surface area contributed by atoms with Crippen molar-refractivity contribution < 1.29 is 9.53 Å². The molecule has 0 bridgehead atoms. The van der Waals surface area contributed by atoms with Gasteiger partial charge in [0.25, 0.3) is 0 Å². The maximum Gasteiger partial charge on any atom is 0.234 e. The number of carbonyl (C=O) groups excluding carboxylic acids is 1. The molecule has 29 heavy (non-hydrogen) atoms. The fourth-order valence-corrected chi connectivity index (χ4v) is 3.48. The molecule has 0 unspecified atom stereocenters. The monoisotopic (exact) mass is 406 g/mol. The number of ether oxygens (including phenoxy) is 1. The summed E-state index contributed by atoms with van der Waals surface area (Å²) in [6.45, 7) is 0.566. The maximum absolute atomic E-state index is 12.3. The van der Waals surface area contributed by atoms with E-state index in [4.69, 9.17) is 4.74 Å². The Hall–Kier alpha value is -3.46. The SMILES string of the molecule is COc1ccc(NC(=O)CSc2ncnc3c2nnn3Cc2ccccc2)cc1. The minimum Gasteiger partial charge on any atom is -0.497 e. The van der Waals surface area contributed by atoms with E-state index in [-0.39, 0.29) is 11.7 Å². The largest absolute Gasteiger partial charge is 0.497 e. The van der Waals surface area contributed by atoms with Gasteiger partial charge in [0.1, 0.15) is 17.1 Å². The lowest BCUT2D eigenvalue weighted by Gasteiger charge is -2.06. The number of carbonyl (C=O) groups is 1. The Balaban J connectivity index is 1.43. The number of methoxy groups -OCH3 is 1. The average Bonchev–Trinajstić information content (AvgIpc) is 3.17. The van der Waals surface area contributed by atoms with Gasteiger partial charge in [-0.3, -0.25) is 4.79 Å². The summed E-state index contributed by atoms with van der Waals surface area (Å²) in [5, 5.41) is 11.9. The average molecular weight is 406 g/mol. The van der Waals surface area contributed by atoms with Crippen LogP contribution in [-0.4, -0.2) is 43.7 Å². The van der Waals surface area contributed by atoms with E-state index in [0.717, 1.165) is 11.3 Å². The normalized spacial score (nSPS) is 10.8. The number of fused-ring (bicyclic) bond motifs is 1. The molecule has 4 aromatic rings. The molecule has 1 amide bonds. The van der Waals surface area contributed by atoms with Crippen molar-refractivity contribution in [3.63, 3.8) is 0 Å². The highest BCUT2D eigenvalue weighted by atomic mass is 32.2. The summed E-state index contributed by atoms with van der Waals surface area (Å²) in [5.74, 6) is 0.798. The van der Waals surface area contributed by atoms with Crippen LogP contribution in [0.3, 0.4) is 0 Å². The van der Waals surface area contributed by atoms with Crippen LogP contribution in [0.15, 0.2) is 66.0 Å². The molecule has 1 N–H and O–H groups in total. The van der Waals surface area contributed by atoms with Crippen LogP contribution in [-0.2, 0) is 11.3 Å². The Morgan fingerprint density at radius 1 is 1.10 bits per heavy atom. The lowest BCUT2D eigenvalue weighted by Crippen LogP contribution is -2.14. The van der Waals surface area contributed by atoms with Gasteiger partial charge < -0.3 is 10.1 Å². The van der Waals surface area contributed by atoms with Crippen LogP contribution in [0.1, 0.15) is 5.56 Å². The van der Waals surface area contributed by atoms with E-state index in [1.165, 1.54) is 18.1 Å². The van der Waals surface area contributed by atoms with E-state index in [0.29, 0.717) is 28.4 Å². The number of nitrogens with zero attached hydrogens (tertiary/aromatic N) is 5. The van der Waals surface area contributed by atoms with Gasteiger partial charge in [0.2, 0.25) is 5.91 Å². The Morgan fingerprint density at radius 2 is 1.90 bits per heavy atom. The van der Waals surface area contributed by atoms with Crippen molar-refractivity contribution in [3.8, 4) is 5.75 Å². The number of anilines is 1. The number of aromatic nitrogens is 5. The van der Waals surface area contributed by atoms with E-state index in [2.05, 4.69) is 25.6 Å². The Kier molecular flexibility index (Phi) is 5.66. The zero-order chi connectivity index (χ0) is 20.1. The van der Waals surface area contributed by atoms with Gasteiger partial charge in [0, 0.05) is 5.69 Å². The molecule has 2 heterocycles. The molecule has 0 aliphatic rings. The molecular formula is C20H18N6O2S. The van der Waals surface area contributed by atoms with Crippen LogP contribution < -0.4 is 10.1 Å². The number of nitrogens with one attached hydrogen (secondary N) is 1. The van der Waals surface area contributed by atoms with Gasteiger partial charge >= 0.3 is 0 Å². The van der Waals surface area contributed by atoms with Crippen LogP contribution in [0, 0.1) is 0 Å². The van der Waals surface area contributed by atoms with Crippen LogP contribution in [0.4, 0.5) is 5.69 Å². The summed E-state index contributed by atoms with van der Waals surface area (Å²) < 4.78 is 6.84. The van der Waals surface area contributed by atoms with Crippen molar-refractivity contribution in [2.45, 2.75) is 11.6 Å². The molecule has 0 saturated carbocycles. The lowest BCUT2D eigenvalue weighted by atomic mass is 10.2. The van der Waals surface area contributed by atoms with E-state index in [1.54, 1.807) is 36.1 Å². The van der Waals surface area contributed by atoms with Crippen molar-refractivity contribution in [1.82, 2.24) is 25.0 Å². The van der Waals surface area contributed by atoms with Gasteiger partial charge in [-0.05, 0) is 29.8 Å². The van der Waals surface area contributed by atoms with Crippen molar-refractivity contribution >= 4 is 34.5 Å². The number of thioether (sulfide) groups is 1. The molecule has 0 aliphatic carbocycles. The summed E-state index contributed by atoms with van der Waals surface area (Å²) in [6.07, 6.45) is 1.47. The van der Waals surface area contributed by atoms with Crippen LogP contribution in [0.5, 0.6) is 5.75 Å². The van der Waals surface area contributed by atoms with Gasteiger partial charge in [0.05, 0.1) is 19.4 Å². The molecule has 9 heteroatoms. The third-order valence-electron chi connectivity index (χ3n) is 4.16. The molecule has 4 rings (SSSR count). The number of hydrogen-bond acceptors (Lipinski definition) is 7. The molecule has 0 atom stereocenters. The molecule has 0 saturated heterocycles. The van der Waals surface area contributed by atoms with Gasteiger partial charge in [-0.1, -0.05) is 47.3 Å². The third kappa shape index (κ3) is 4.52. The number of benzene rings is 2. The molecule has 2 aromatic heterocycles. The fourth-order valence-electron chi connectivity index (χ4n) is 2.75. The van der Waals surface area contributed by atoms with E-state index >= 15 is 0 Å². The van der Waals surface area contributed by atoms with Gasteiger partial charge in [-0.15, -0.1) is 5.10 Å². The first-order chi connectivity index (χ1) is 14.2. The number of rotatable bonds is 7. The second-order valence-electron chi connectivity index (χ2n) is 6.15. The molecule has 2 aromatic carbocycles. The summed E-state index contributed by atoms with van der Waals surface area (Å²) in [7, 11) is 1.60. The zero-order valence-corrected chi connectivity index (χ0v) is 16.5. The van der Waals surface area contributed by atoms with E-state index in [9.17, 15) is 4.79 Å². The molecule has 0 spiro atoms. The summed E-state index contributed by atoms with van der Waals surface area (Å²) in [4.78, 5) is 20.9. The van der Waals surface area contributed by atoms with Crippen molar-refractivity contribution in [3.05, 3.63) is 66.5 Å². The minimum atomic E-state index is -0.136. The molecule has 8 nitrogen and oxygen atoms in total. The zero-order valence-electron chi connectivity index (χ0n) is 15.6. The molecule has 0 radical (unpaired) electrons. The fraction of sp³-hybridized carbons (Fsp3) is 0.150. The first-order valence-corrected chi connectivity index (χ1v) is 9.86. The number of amides is 1. The number of hydrogen-bond donors (Lipinski definition) is 1. The minimum absolute atomic E-state index is 0.136. The van der Waals surface area contributed by atoms with Gasteiger partial charge in [0.15, 0.2) is 11.2 Å². The summed E-state index contributed by atoms with van der Waals surface area (Å²) in [5.41, 5.74) is 3.04. The van der Waals surface area contributed by atoms with Crippen LogP contribution >= 0.6 is 11.8 Å². The quantitative estimate of drug-likeness (QED) is 0.372. The first-order valence-electron chi connectivity index (χ1n) is 8.88. The molecule has 0 fully saturated rings. The molecular weight excluding hydrogens is 388 g/mol. The highest BCUT2D eigenvalue weighted by Gasteiger charge is 2.14. The summed E-state index contributed by atoms with van der Waals surface area (Å²) >= 11 is 1.30. The molecule has 146 valence electrons. The second kappa shape index (κ2) is 8.70. The van der Waals surface area contributed by atoms with Crippen molar-refractivity contribution in [2.75, 3.05) is 18.2 Å². The van der Waals surface area contributed by atoms with E-state index < -0.39 is 0 Å². The van der Waals surface area contributed by atoms with Crippen molar-refractivity contribution in [2.24, 2.45) is 0 Å². The molecule has 0 aliphatic heterocycles. The van der Waals surface area contributed by atoms with Gasteiger partial charge in [-0.25, -0.2) is 14.6 Å². The lowest BCUT2D eigenvalue weighted by molar-refractivity contribution is -0.113. The van der Waals surface area contributed by atoms with Crippen molar-refractivity contribution in [1.29, 1.82) is 0 Å². The Labute approximate surface area is 171 Å². The Morgan fingerprint density at radius 3 is 2.66 bits per heavy atom. The highest BCUT2D eigenvalue weighted by molar-refractivity contribution is 8.00. The van der Waals surface area contributed by atoms with Crippen LogP contribution in [0.25, 0.3) is 11.2 Å². The summed E-state index contributed by atoms with van der Waals surface area (Å²) in [6, 6.07) is 17.1. The predicted molar refractivity (Wildman–Crippen MR) is 111 cm³/mol. The Bertz CT molecular complexity index is 1110. The van der Waals surface area contributed by atoms with Crippen LogP contribution in [0.2, 0.25) is 0 Å². The maximum atomic E-state index is 12.3. The van der Waals surface area contributed by atoms with Gasteiger partial charge in [-0.2, -0.15) is 0 Å². The first kappa shape index (κ1) is 18.9. The highest BCUT2D eigenvalue weighted by Crippen LogP contribution is 2.23. The predicted octanol–water partition coefficient (Wildman–Crippen LogP) is 3.01.